The number of non-ortho nitro benzene ring substituents is 1. The smallest absolute Gasteiger partial charge is 0.269 e. The topological polar surface area (TPSA) is 124 Å². The average molecular weight is 381 g/mol. The largest absolute Gasteiger partial charge is 0.291 e. The quantitative estimate of drug-likeness (QED) is 0.453. The number of nitro groups is 2. The van der Waals surface area contributed by atoms with Gasteiger partial charge in [0, 0.05) is 28.2 Å². The summed E-state index contributed by atoms with van der Waals surface area (Å²) < 4.78 is 0. The first-order valence-corrected chi connectivity index (χ1v) is 8.58. The standard InChI is InChI=1S/C19H15N3O6/c1-20-10-15(22(27)28)16(11-5-4-6-12(9-11)21(25)26)19(20)17(23)13-7-2-3-8-14(13)18(19)24/h2-9,15-16H,10H2,1H3/t15-,16+/m0/s1. The molecule has 1 aliphatic carbocycles. The van der Waals surface area contributed by atoms with E-state index < -0.39 is 38.9 Å². The van der Waals surface area contributed by atoms with Crippen LogP contribution in [0.15, 0.2) is 48.5 Å². The number of rotatable bonds is 3. The third-order valence-electron chi connectivity index (χ3n) is 5.72. The Hall–Kier alpha value is -3.46. The fraction of sp³-hybridized carbons (Fsp3) is 0.263. The highest BCUT2D eigenvalue weighted by molar-refractivity contribution is 6.33. The minimum atomic E-state index is -1.78. The van der Waals surface area contributed by atoms with Crippen molar-refractivity contribution in [1.82, 2.24) is 4.90 Å². The van der Waals surface area contributed by atoms with Crippen molar-refractivity contribution in [2.45, 2.75) is 17.5 Å². The zero-order valence-corrected chi connectivity index (χ0v) is 14.8. The van der Waals surface area contributed by atoms with E-state index in [1.165, 1.54) is 48.3 Å². The van der Waals surface area contributed by atoms with Crippen LogP contribution in [0, 0.1) is 20.2 Å². The molecule has 1 spiro atoms. The average Bonchev–Trinajstić information content (AvgIpc) is 3.11. The number of Topliss-reactive ketones (excluding diaryl/α,β-unsaturated/α-hetero) is 2. The summed E-state index contributed by atoms with van der Waals surface area (Å²) in [5, 5.41) is 23.0. The summed E-state index contributed by atoms with van der Waals surface area (Å²) in [6.45, 7) is -0.119. The predicted molar refractivity (Wildman–Crippen MR) is 97.1 cm³/mol. The molecular formula is C19H15N3O6. The minimum absolute atomic E-state index is 0.119. The molecule has 1 saturated heterocycles. The van der Waals surface area contributed by atoms with Crippen molar-refractivity contribution in [1.29, 1.82) is 0 Å². The summed E-state index contributed by atoms with van der Waals surface area (Å²) in [6.07, 6.45) is 0. The molecule has 9 nitrogen and oxygen atoms in total. The Balaban J connectivity index is 1.97. The van der Waals surface area contributed by atoms with E-state index in [1.54, 1.807) is 12.1 Å². The number of nitro benzene ring substituents is 1. The predicted octanol–water partition coefficient (Wildman–Crippen LogP) is 2.09. The van der Waals surface area contributed by atoms with Crippen LogP contribution in [0.3, 0.4) is 0 Å². The van der Waals surface area contributed by atoms with Crippen LogP contribution in [0.1, 0.15) is 32.2 Å². The van der Waals surface area contributed by atoms with Gasteiger partial charge in [-0.1, -0.05) is 36.4 Å². The van der Waals surface area contributed by atoms with Gasteiger partial charge in [-0.25, -0.2) is 0 Å². The molecule has 1 fully saturated rings. The molecule has 142 valence electrons. The summed E-state index contributed by atoms with van der Waals surface area (Å²) in [6, 6.07) is 10.5. The van der Waals surface area contributed by atoms with Crippen LogP contribution in [-0.4, -0.2) is 51.5 Å². The highest BCUT2D eigenvalue weighted by Gasteiger charge is 2.69. The van der Waals surface area contributed by atoms with Gasteiger partial charge in [-0.15, -0.1) is 0 Å². The van der Waals surface area contributed by atoms with Crippen molar-refractivity contribution in [3.05, 3.63) is 85.4 Å². The lowest BCUT2D eigenvalue weighted by molar-refractivity contribution is -0.521. The molecule has 0 radical (unpaired) electrons. The first-order valence-electron chi connectivity index (χ1n) is 8.58. The molecule has 1 aliphatic heterocycles. The molecule has 28 heavy (non-hydrogen) atoms. The molecular weight excluding hydrogens is 366 g/mol. The van der Waals surface area contributed by atoms with Gasteiger partial charge in [0.25, 0.3) is 5.69 Å². The number of carbonyl (C=O) groups excluding carboxylic acids is 2. The zero-order chi connectivity index (χ0) is 20.2. The lowest BCUT2D eigenvalue weighted by Gasteiger charge is -2.33. The summed E-state index contributed by atoms with van der Waals surface area (Å²) in [5.74, 6) is -2.15. The molecule has 4 rings (SSSR count). The van der Waals surface area contributed by atoms with Crippen molar-refractivity contribution < 1.29 is 19.4 Å². The van der Waals surface area contributed by atoms with Gasteiger partial charge in [0.1, 0.15) is 0 Å². The number of fused-ring (bicyclic) bond motifs is 1. The lowest BCUT2D eigenvalue weighted by Crippen LogP contribution is -2.55. The van der Waals surface area contributed by atoms with Crippen molar-refractivity contribution in [3.8, 4) is 0 Å². The lowest BCUT2D eigenvalue weighted by atomic mass is 9.74. The third kappa shape index (κ3) is 2.16. The highest BCUT2D eigenvalue weighted by atomic mass is 16.6. The molecule has 0 saturated carbocycles. The second-order valence-electron chi connectivity index (χ2n) is 7.03. The number of ketones is 2. The van der Waals surface area contributed by atoms with Crippen LogP contribution < -0.4 is 0 Å². The molecule has 0 N–H and O–H groups in total. The Bertz CT molecular complexity index is 1010. The Kier molecular flexibility index (Phi) is 3.86. The van der Waals surface area contributed by atoms with Gasteiger partial charge in [-0.05, 0) is 12.6 Å². The van der Waals surface area contributed by atoms with E-state index in [2.05, 4.69) is 0 Å². The summed E-state index contributed by atoms with van der Waals surface area (Å²) in [7, 11) is 1.51. The van der Waals surface area contributed by atoms with Crippen molar-refractivity contribution in [2.24, 2.45) is 0 Å². The maximum absolute atomic E-state index is 13.4. The molecule has 2 aliphatic rings. The van der Waals surface area contributed by atoms with Gasteiger partial charge in [-0.3, -0.25) is 34.7 Å². The Morgan fingerprint density at radius 3 is 2.14 bits per heavy atom. The SMILES string of the molecule is CN1C[C@H]([N+](=O)[O-])[C@@H](c2cccc([N+](=O)[O-])c2)C12C(=O)c1ccccc1C2=O. The van der Waals surface area contributed by atoms with E-state index in [0.29, 0.717) is 0 Å². The van der Waals surface area contributed by atoms with Gasteiger partial charge >= 0.3 is 0 Å². The van der Waals surface area contributed by atoms with E-state index in [0.717, 1.165) is 0 Å². The molecule has 2 aromatic carbocycles. The summed E-state index contributed by atoms with van der Waals surface area (Å²) in [5.41, 5.74) is -1.36. The summed E-state index contributed by atoms with van der Waals surface area (Å²) >= 11 is 0. The van der Waals surface area contributed by atoms with Crippen LogP contribution >= 0.6 is 0 Å². The van der Waals surface area contributed by atoms with Gasteiger partial charge in [-0.2, -0.15) is 0 Å². The van der Waals surface area contributed by atoms with E-state index in [1.807, 2.05) is 0 Å². The second-order valence-corrected chi connectivity index (χ2v) is 7.03. The van der Waals surface area contributed by atoms with Gasteiger partial charge in [0.2, 0.25) is 6.04 Å². The molecule has 0 bridgehead atoms. The van der Waals surface area contributed by atoms with E-state index >= 15 is 0 Å². The van der Waals surface area contributed by atoms with Crippen molar-refractivity contribution in [3.63, 3.8) is 0 Å². The number of benzene rings is 2. The van der Waals surface area contributed by atoms with E-state index in [9.17, 15) is 29.8 Å². The Morgan fingerprint density at radius 1 is 1.00 bits per heavy atom. The molecule has 0 aromatic heterocycles. The molecule has 0 amide bonds. The number of likely N-dealkylation sites (tertiary alicyclic amines) is 1. The van der Waals surface area contributed by atoms with E-state index in [-0.39, 0.29) is 28.9 Å². The van der Waals surface area contributed by atoms with Gasteiger partial charge in [0.05, 0.1) is 17.4 Å². The second kappa shape index (κ2) is 6.03. The maximum atomic E-state index is 13.4. The third-order valence-corrected chi connectivity index (χ3v) is 5.72. The monoisotopic (exact) mass is 381 g/mol. The number of likely N-dealkylation sites (N-methyl/N-ethyl adjacent to an activating group) is 1. The fourth-order valence-corrected chi connectivity index (χ4v) is 4.55. The molecule has 9 heteroatoms. The van der Waals surface area contributed by atoms with Gasteiger partial charge < -0.3 is 0 Å². The minimum Gasteiger partial charge on any atom is -0.291 e. The normalized spacial score (nSPS) is 23.2. The van der Waals surface area contributed by atoms with Crippen molar-refractivity contribution >= 4 is 17.3 Å². The Labute approximate surface area is 158 Å². The highest BCUT2D eigenvalue weighted by Crippen LogP contribution is 2.50. The number of hydrogen-bond donors (Lipinski definition) is 0. The molecule has 2 aromatic rings. The van der Waals surface area contributed by atoms with Crippen LogP contribution in [-0.2, 0) is 0 Å². The molecule has 0 unspecified atom stereocenters. The number of nitrogens with zero attached hydrogens (tertiary/aromatic N) is 3. The van der Waals surface area contributed by atoms with Gasteiger partial charge in [0.15, 0.2) is 17.1 Å². The summed E-state index contributed by atoms with van der Waals surface area (Å²) in [4.78, 5) is 50.1. The van der Waals surface area contributed by atoms with Crippen LogP contribution in [0.5, 0.6) is 0 Å². The van der Waals surface area contributed by atoms with Crippen molar-refractivity contribution in [2.75, 3.05) is 13.6 Å². The number of carbonyl (C=O) groups is 2. The first kappa shape index (κ1) is 17.9. The van der Waals surface area contributed by atoms with Crippen LogP contribution in [0.4, 0.5) is 5.69 Å². The number of hydrogen-bond acceptors (Lipinski definition) is 7. The fourth-order valence-electron chi connectivity index (χ4n) is 4.55. The molecule has 1 heterocycles. The first-order chi connectivity index (χ1) is 13.3. The Morgan fingerprint density at radius 2 is 1.61 bits per heavy atom. The maximum Gasteiger partial charge on any atom is 0.269 e. The van der Waals surface area contributed by atoms with E-state index in [4.69, 9.17) is 0 Å². The zero-order valence-electron chi connectivity index (χ0n) is 14.8. The van der Waals surface area contributed by atoms with Crippen LogP contribution in [0.2, 0.25) is 0 Å². The molecule has 2 atom stereocenters. The van der Waals surface area contributed by atoms with Crippen LogP contribution in [0.25, 0.3) is 0 Å².